The normalized spacial score (nSPS) is 15.8. The molecule has 0 spiro atoms. The first kappa shape index (κ1) is 18.1. The summed E-state index contributed by atoms with van der Waals surface area (Å²) in [5.41, 5.74) is 2.38. The lowest BCUT2D eigenvalue weighted by molar-refractivity contribution is -0.122. The molecule has 1 aliphatic heterocycles. The first-order valence-corrected chi connectivity index (χ1v) is 8.87. The molecule has 1 aromatic carbocycles. The monoisotopic (exact) mass is 370 g/mol. The van der Waals surface area contributed by atoms with E-state index in [-0.39, 0.29) is 5.91 Å². The highest BCUT2D eigenvalue weighted by Gasteiger charge is 2.30. The summed E-state index contributed by atoms with van der Waals surface area (Å²) in [5.74, 6) is 1.04. The summed E-state index contributed by atoms with van der Waals surface area (Å²) in [4.78, 5) is 14.2. The highest BCUT2D eigenvalue weighted by Crippen LogP contribution is 2.23. The van der Waals surface area contributed by atoms with E-state index in [0.717, 1.165) is 16.9 Å². The third-order valence-corrected chi connectivity index (χ3v) is 4.34. The highest BCUT2D eigenvalue weighted by molar-refractivity contribution is 7.80. The van der Waals surface area contributed by atoms with Crippen LogP contribution in [0.5, 0.6) is 5.75 Å². The molecule has 2 aromatic rings. The number of nitrogens with one attached hydrogen (secondary N) is 1. The number of hydrogen-bond acceptors (Lipinski definition) is 4. The number of methoxy groups -OCH3 is 1. The second kappa shape index (κ2) is 7.70. The van der Waals surface area contributed by atoms with Crippen molar-refractivity contribution >= 4 is 29.3 Å². The van der Waals surface area contributed by atoms with Crippen LogP contribution < -0.4 is 10.1 Å². The van der Waals surface area contributed by atoms with E-state index in [1.807, 2.05) is 41.2 Å². The van der Waals surface area contributed by atoms with Crippen LogP contribution in [0.1, 0.15) is 25.0 Å². The van der Waals surface area contributed by atoms with Crippen molar-refractivity contribution in [1.29, 1.82) is 0 Å². The zero-order valence-corrected chi connectivity index (χ0v) is 15.9. The molecule has 0 saturated carbocycles. The number of thiocarbonyl (C=S) groups is 1. The van der Waals surface area contributed by atoms with Gasteiger partial charge in [-0.2, -0.15) is 5.10 Å². The maximum absolute atomic E-state index is 12.6. The lowest BCUT2D eigenvalue weighted by Gasteiger charge is -2.16. The minimum Gasteiger partial charge on any atom is -0.496 e. The molecule has 0 atom stereocenters. The van der Waals surface area contributed by atoms with Crippen molar-refractivity contribution in [3.8, 4) is 5.75 Å². The van der Waals surface area contributed by atoms with Gasteiger partial charge in [0.15, 0.2) is 5.11 Å². The summed E-state index contributed by atoms with van der Waals surface area (Å²) >= 11 is 5.29. The fraction of sp³-hybridized carbons (Fsp3) is 0.316. The predicted molar refractivity (Wildman–Crippen MR) is 105 cm³/mol. The Morgan fingerprint density at radius 2 is 2.19 bits per heavy atom. The fourth-order valence-electron chi connectivity index (χ4n) is 2.85. The zero-order chi connectivity index (χ0) is 18.7. The van der Waals surface area contributed by atoms with Gasteiger partial charge in [-0.15, -0.1) is 0 Å². The Kier molecular flexibility index (Phi) is 5.37. The van der Waals surface area contributed by atoms with E-state index in [2.05, 4.69) is 24.3 Å². The molecule has 6 nitrogen and oxygen atoms in total. The topological polar surface area (TPSA) is 59.4 Å². The second-order valence-electron chi connectivity index (χ2n) is 6.57. The molecule has 0 radical (unpaired) electrons. The van der Waals surface area contributed by atoms with Gasteiger partial charge in [-0.25, -0.2) is 0 Å². The van der Waals surface area contributed by atoms with Crippen molar-refractivity contribution in [1.82, 2.24) is 20.0 Å². The molecule has 1 amide bonds. The zero-order valence-electron chi connectivity index (χ0n) is 15.1. The van der Waals surface area contributed by atoms with Gasteiger partial charge in [-0.1, -0.05) is 19.9 Å². The quantitative estimate of drug-likeness (QED) is 0.626. The summed E-state index contributed by atoms with van der Waals surface area (Å²) in [6, 6.07) is 7.69. The molecule has 1 saturated heterocycles. The van der Waals surface area contributed by atoms with Crippen LogP contribution in [0.2, 0.25) is 0 Å². The van der Waals surface area contributed by atoms with Gasteiger partial charge in [0.1, 0.15) is 11.4 Å². The van der Waals surface area contributed by atoms with Crippen molar-refractivity contribution in [3.63, 3.8) is 0 Å². The Morgan fingerprint density at radius 1 is 1.38 bits per heavy atom. The van der Waals surface area contributed by atoms with Gasteiger partial charge in [0, 0.05) is 24.5 Å². The molecule has 1 fully saturated rings. The van der Waals surface area contributed by atoms with Crippen LogP contribution in [0.25, 0.3) is 6.08 Å². The first-order valence-electron chi connectivity index (χ1n) is 8.47. The Hall–Kier alpha value is -2.67. The van der Waals surface area contributed by atoms with Crippen molar-refractivity contribution < 1.29 is 9.53 Å². The minimum atomic E-state index is -0.0897. The molecule has 1 N–H and O–H groups in total. The molecule has 1 aromatic heterocycles. The highest BCUT2D eigenvalue weighted by atomic mass is 32.1. The summed E-state index contributed by atoms with van der Waals surface area (Å²) in [7, 11) is 1.64. The van der Waals surface area contributed by atoms with Crippen molar-refractivity contribution in [2.75, 3.05) is 13.7 Å². The maximum atomic E-state index is 12.6. The number of hydrogen-bond donors (Lipinski definition) is 1. The van der Waals surface area contributed by atoms with E-state index in [1.54, 1.807) is 18.2 Å². The number of ether oxygens (including phenoxy) is 1. The van der Waals surface area contributed by atoms with E-state index in [4.69, 9.17) is 17.0 Å². The summed E-state index contributed by atoms with van der Waals surface area (Å²) in [6.45, 7) is 5.31. The molecular formula is C19H22N4O2S. The van der Waals surface area contributed by atoms with Gasteiger partial charge in [0.25, 0.3) is 5.91 Å². The molecule has 2 heterocycles. The van der Waals surface area contributed by atoms with Gasteiger partial charge in [0.05, 0.1) is 13.7 Å². The molecule has 3 rings (SSSR count). The number of nitrogens with zero attached hydrogens (tertiary/aromatic N) is 3. The van der Waals surface area contributed by atoms with Gasteiger partial charge in [-0.05, 0) is 48.0 Å². The number of benzene rings is 1. The van der Waals surface area contributed by atoms with E-state index < -0.39 is 0 Å². The number of carbonyl (C=O) groups excluding carboxylic acids is 1. The van der Waals surface area contributed by atoms with E-state index >= 15 is 0 Å². The van der Waals surface area contributed by atoms with Crippen molar-refractivity contribution in [2.24, 2.45) is 5.92 Å². The van der Waals surface area contributed by atoms with E-state index in [9.17, 15) is 4.79 Å². The first-order chi connectivity index (χ1) is 12.5. The fourth-order valence-corrected chi connectivity index (χ4v) is 3.12. The van der Waals surface area contributed by atoms with Crippen LogP contribution in [0.4, 0.5) is 0 Å². The third-order valence-electron chi connectivity index (χ3n) is 4.02. The van der Waals surface area contributed by atoms with E-state index in [0.29, 0.717) is 29.8 Å². The van der Waals surface area contributed by atoms with Gasteiger partial charge in [-0.3, -0.25) is 14.4 Å². The molecule has 7 heteroatoms. The van der Waals surface area contributed by atoms with Gasteiger partial charge < -0.3 is 10.1 Å². The smallest absolute Gasteiger partial charge is 0.276 e. The number of aromatic nitrogens is 2. The average molecular weight is 370 g/mol. The molecular weight excluding hydrogens is 348 g/mol. The van der Waals surface area contributed by atoms with Gasteiger partial charge in [0.2, 0.25) is 0 Å². The molecule has 0 unspecified atom stereocenters. The summed E-state index contributed by atoms with van der Waals surface area (Å²) < 4.78 is 7.27. The minimum absolute atomic E-state index is 0.0897. The SMILES string of the molecule is COc1ccc(/C=C2/NC(=S)N(CC(C)C)C2=O)cc1Cn1cccn1. The van der Waals surface area contributed by atoms with Crippen molar-refractivity contribution in [3.05, 3.63) is 53.5 Å². The van der Waals surface area contributed by atoms with Crippen LogP contribution in [0.15, 0.2) is 42.4 Å². The molecule has 26 heavy (non-hydrogen) atoms. The van der Waals surface area contributed by atoms with E-state index in [1.165, 1.54) is 0 Å². The molecule has 1 aliphatic rings. The largest absolute Gasteiger partial charge is 0.496 e. The second-order valence-corrected chi connectivity index (χ2v) is 6.96. The van der Waals surface area contributed by atoms with Crippen LogP contribution in [0.3, 0.4) is 0 Å². The lowest BCUT2D eigenvalue weighted by atomic mass is 10.1. The Bertz CT molecular complexity index is 843. The standard InChI is InChI=1S/C19H22N4O2S/c1-13(2)11-23-18(24)16(21-19(23)26)10-14-5-6-17(25-3)15(9-14)12-22-8-4-7-20-22/h4-10,13H,11-12H2,1-3H3,(H,21,26)/b16-10+. The number of carbonyl (C=O) groups is 1. The number of amides is 1. The van der Waals surface area contributed by atoms with Crippen LogP contribution in [-0.4, -0.2) is 39.4 Å². The van der Waals surface area contributed by atoms with Crippen LogP contribution in [0, 0.1) is 5.92 Å². The predicted octanol–water partition coefficient (Wildman–Crippen LogP) is 2.65. The Labute approximate surface area is 158 Å². The average Bonchev–Trinajstić information content (AvgIpc) is 3.19. The third kappa shape index (κ3) is 3.94. The number of rotatable bonds is 6. The van der Waals surface area contributed by atoms with Crippen molar-refractivity contribution in [2.45, 2.75) is 20.4 Å². The molecule has 136 valence electrons. The van der Waals surface area contributed by atoms with Crippen LogP contribution >= 0.6 is 12.2 Å². The van der Waals surface area contributed by atoms with Crippen LogP contribution in [-0.2, 0) is 11.3 Å². The molecule has 0 bridgehead atoms. The maximum Gasteiger partial charge on any atom is 0.276 e. The Morgan fingerprint density at radius 3 is 2.85 bits per heavy atom. The lowest BCUT2D eigenvalue weighted by Crippen LogP contribution is -2.33. The molecule has 0 aliphatic carbocycles. The summed E-state index contributed by atoms with van der Waals surface area (Å²) in [6.07, 6.45) is 5.46. The van der Waals surface area contributed by atoms with Gasteiger partial charge >= 0.3 is 0 Å². The Balaban J connectivity index is 1.86. The summed E-state index contributed by atoms with van der Waals surface area (Å²) in [5, 5.41) is 7.71.